The van der Waals surface area contributed by atoms with Crippen molar-refractivity contribution in [2.75, 3.05) is 20.3 Å². The van der Waals surface area contributed by atoms with E-state index in [1.807, 2.05) is 0 Å². The summed E-state index contributed by atoms with van der Waals surface area (Å²) in [5.74, 6) is 4.56. The van der Waals surface area contributed by atoms with Gasteiger partial charge in [-0.15, -0.1) is 0 Å². The van der Waals surface area contributed by atoms with Gasteiger partial charge in [0, 0.05) is 6.04 Å². The molecule has 1 aromatic rings. The average molecular weight is 259 g/mol. The minimum Gasteiger partial charge on any atom is -0.486 e. The summed E-state index contributed by atoms with van der Waals surface area (Å²) in [5.41, 5.74) is 1.35. The van der Waals surface area contributed by atoms with Crippen LogP contribution in [0.5, 0.6) is 11.5 Å². The van der Waals surface area contributed by atoms with Crippen molar-refractivity contribution in [1.82, 2.24) is 5.32 Å². The van der Waals surface area contributed by atoms with Crippen LogP contribution < -0.4 is 14.8 Å². The highest BCUT2D eigenvalue weighted by atomic mass is 16.6. The van der Waals surface area contributed by atoms with Gasteiger partial charge in [0.2, 0.25) is 0 Å². The van der Waals surface area contributed by atoms with E-state index >= 15 is 0 Å². The number of ether oxygens (including phenoxy) is 2. The van der Waals surface area contributed by atoms with Gasteiger partial charge in [0.05, 0.1) is 0 Å². The zero-order chi connectivity index (χ0) is 12.8. The number of fused-ring (bicyclic) bond motifs is 2. The molecule has 19 heavy (non-hydrogen) atoms. The van der Waals surface area contributed by atoms with E-state index in [9.17, 15) is 0 Å². The standard InChI is InChI=1S/C16H21NO2/c1-17-16(15-11-3-2-4-12(11)15)10-5-6-13-14(9-10)19-8-7-18-13/h5-6,9,11-12,15-17H,2-4,7-8H2,1H3. The molecule has 3 aliphatic rings. The van der Waals surface area contributed by atoms with Gasteiger partial charge in [0.15, 0.2) is 11.5 Å². The Morgan fingerprint density at radius 2 is 1.84 bits per heavy atom. The van der Waals surface area contributed by atoms with Gasteiger partial charge in [-0.25, -0.2) is 0 Å². The first-order chi connectivity index (χ1) is 9.38. The molecule has 0 radical (unpaired) electrons. The van der Waals surface area contributed by atoms with Gasteiger partial charge in [0.1, 0.15) is 13.2 Å². The number of rotatable bonds is 3. The topological polar surface area (TPSA) is 30.5 Å². The second-order valence-electron chi connectivity index (χ2n) is 6.01. The van der Waals surface area contributed by atoms with Crippen molar-refractivity contribution in [3.05, 3.63) is 23.8 Å². The maximum atomic E-state index is 5.70. The SMILES string of the molecule is CNC(c1ccc2c(c1)OCCO2)C1C2CCCC21. The molecule has 2 aliphatic carbocycles. The normalized spacial score (nSPS) is 32.8. The van der Waals surface area contributed by atoms with E-state index in [1.165, 1.54) is 24.8 Å². The van der Waals surface area contributed by atoms with Gasteiger partial charge < -0.3 is 14.8 Å². The van der Waals surface area contributed by atoms with Crippen LogP contribution in [0.3, 0.4) is 0 Å². The Morgan fingerprint density at radius 3 is 2.58 bits per heavy atom. The average Bonchev–Trinajstić information content (AvgIpc) is 2.92. The second-order valence-corrected chi connectivity index (χ2v) is 6.01. The fourth-order valence-corrected chi connectivity index (χ4v) is 4.21. The highest BCUT2D eigenvalue weighted by Gasteiger charge is 2.55. The molecule has 2 saturated carbocycles. The maximum Gasteiger partial charge on any atom is 0.161 e. The maximum absolute atomic E-state index is 5.70. The van der Waals surface area contributed by atoms with Gasteiger partial charge >= 0.3 is 0 Å². The molecule has 3 nitrogen and oxygen atoms in total. The van der Waals surface area contributed by atoms with E-state index in [-0.39, 0.29) is 0 Å². The van der Waals surface area contributed by atoms with Crippen LogP contribution in [0, 0.1) is 17.8 Å². The number of nitrogens with one attached hydrogen (secondary N) is 1. The lowest BCUT2D eigenvalue weighted by atomic mass is 9.96. The molecule has 1 aromatic carbocycles. The van der Waals surface area contributed by atoms with Gasteiger partial charge in [-0.2, -0.15) is 0 Å². The quantitative estimate of drug-likeness (QED) is 0.905. The van der Waals surface area contributed by atoms with Gasteiger partial charge in [-0.1, -0.05) is 12.5 Å². The summed E-state index contributed by atoms with van der Waals surface area (Å²) in [6.07, 6.45) is 4.29. The van der Waals surface area contributed by atoms with E-state index in [0.717, 1.165) is 29.3 Å². The number of hydrogen-bond acceptors (Lipinski definition) is 3. The highest BCUT2D eigenvalue weighted by molar-refractivity contribution is 5.45. The van der Waals surface area contributed by atoms with Crippen molar-refractivity contribution in [2.45, 2.75) is 25.3 Å². The zero-order valence-electron chi connectivity index (χ0n) is 11.4. The Morgan fingerprint density at radius 1 is 1.11 bits per heavy atom. The van der Waals surface area contributed by atoms with Crippen LogP contribution in [-0.4, -0.2) is 20.3 Å². The highest BCUT2D eigenvalue weighted by Crippen LogP contribution is 2.62. The summed E-state index contributed by atoms with van der Waals surface area (Å²) in [4.78, 5) is 0. The van der Waals surface area contributed by atoms with Gasteiger partial charge in [0.25, 0.3) is 0 Å². The van der Waals surface area contributed by atoms with Crippen LogP contribution in [-0.2, 0) is 0 Å². The monoisotopic (exact) mass is 259 g/mol. The van der Waals surface area contributed by atoms with E-state index in [4.69, 9.17) is 9.47 Å². The van der Waals surface area contributed by atoms with E-state index in [1.54, 1.807) is 0 Å². The minimum atomic E-state index is 0.478. The summed E-state index contributed by atoms with van der Waals surface area (Å²) in [6.45, 7) is 1.32. The van der Waals surface area contributed by atoms with Crippen LogP contribution in [0.25, 0.3) is 0 Å². The molecule has 1 aliphatic heterocycles. The molecule has 3 unspecified atom stereocenters. The number of hydrogen-bond donors (Lipinski definition) is 1. The summed E-state index contributed by atoms with van der Waals surface area (Å²) in [7, 11) is 2.08. The van der Waals surface area contributed by atoms with Crippen LogP contribution in [0.2, 0.25) is 0 Å². The minimum absolute atomic E-state index is 0.478. The molecule has 102 valence electrons. The van der Waals surface area contributed by atoms with E-state index < -0.39 is 0 Å². The van der Waals surface area contributed by atoms with Crippen LogP contribution in [0.4, 0.5) is 0 Å². The molecular weight excluding hydrogens is 238 g/mol. The lowest BCUT2D eigenvalue weighted by Gasteiger charge is -2.23. The molecule has 0 aromatic heterocycles. The van der Waals surface area contributed by atoms with Crippen LogP contribution >= 0.6 is 0 Å². The molecule has 1 N–H and O–H groups in total. The predicted molar refractivity (Wildman–Crippen MR) is 73.6 cm³/mol. The summed E-state index contributed by atoms with van der Waals surface area (Å²) >= 11 is 0. The van der Waals surface area contributed by atoms with Crippen LogP contribution in [0.1, 0.15) is 30.9 Å². The van der Waals surface area contributed by atoms with Gasteiger partial charge in [-0.05, 0) is 55.3 Å². The zero-order valence-corrected chi connectivity index (χ0v) is 11.4. The molecule has 0 saturated heterocycles. The molecule has 4 rings (SSSR count). The predicted octanol–water partition coefficient (Wildman–Crippen LogP) is 2.76. The van der Waals surface area contributed by atoms with E-state index in [2.05, 4.69) is 30.6 Å². The van der Waals surface area contributed by atoms with Crippen molar-refractivity contribution in [2.24, 2.45) is 17.8 Å². The molecule has 2 fully saturated rings. The lowest BCUT2D eigenvalue weighted by Crippen LogP contribution is -2.21. The largest absolute Gasteiger partial charge is 0.486 e. The molecular formula is C16H21NO2. The Labute approximate surface area is 114 Å². The smallest absolute Gasteiger partial charge is 0.161 e. The Hall–Kier alpha value is -1.22. The molecule has 1 heterocycles. The van der Waals surface area contributed by atoms with Crippen LogP contribution in [0.15, 0.2) is 18.2 Å². The van der Waals surface area contributed by atoms with Crippen molar-refractivity contribution in [3.8, 4) is 11.5 Å². The lowest BCUT2D eigenvalue weighted by molar-refractivity contribution is 0.171. The third-order valence-electron chi connectivity index (χ3n) is 5.09. The second kappa shape index (κ2) is 4.41. The fourth-order valence-electron chi connectivity index (χ4n) is 4.21. The number of benzene rings is 1. The molecule has 0 amide bonds. The third kappa shape index (κ3) is 1.83. The molecule has 0 spiro atoms. The van der Waals surface area contributed by atoms with Gasteiger partial charge in [-0.3, -0.25) is 0 Å². The van der Waals surface area contributed by atoms with Crippen molar-refractivity contribution < 1.29 is 9.47 Å². The van der Waals surface area contributed by atoms with Crippen molar-refractivity contribution >= 4 is 0 Å². The first-order valence-electron chi connectivity index (χ1n) is 7.45. The third-order valence-corrected chi connectivity index (χ3v) is 5.09. The molecule has 0 bridgehead atoms. The summed E-state index contributed by atoms with van der Waals surface area (Å²) in [5, 5.41) is 3.52. The Balaban J connectivity index is 1.60. The Bertz CT molecular complexity index is 478. The fraction of sp³-hybridized carbons (Fsp3) is 0.625. The first-order valence-corrected chi connectivity index (χ1v) is 7.45. The van der Waals surface area contributed by atoms with Crippen molar-refractivity contribution in [3.63, 3.8) is 0 Å². The summed E-state index contributed by atoms with van der Waals surface area (Å²) < 4.78 is 11.3. The summed E-state index contributed by atoms with van der Waals surface area (Å²) in [6, 6.07) is 6.91. The Kier molecular flexibility index (Phi) is 2.69. The van der Waals surface area contributed by atoms with E-state index in [0.29, 0.717) is 19.3 Å². The molecule has 3 heteroatoms. The first kappa shape index (κ1) is 11.6. The molecule has 3 atom stereocenters. The van der Waals surface area contributed by atoms with Crippen molar-refractivity contribution in [1.29, 1.82) is 0 Å².